The summed E-state index contributed by atoms with van der Waals surface area (Å²) >= 11 is 0. The Bertz CT molecular complexity index is 705. The lowest BCUT2D eigenvalue weighted by molar-refractivity contribution is 0.290. The Balaban J connectivity index is 2.48. The molecule has 0 aliphatic heterocycles. The first kappa shape index (κ1) is 15.1. The Morgan fingerprint density at radius 3 is 2.48 bits per heavy atom. The van der Waals surface area contributed by atoms with Crippen LogP contribution >= 0.6 is 0 Å². The first-order valence-electron chi connectivity index (χ1n) is 6.80. The highest BCUT2D eigenvalue weighted by molar-refractivity contribution is 5.61. The molecule has 21 heavy (non-hydrogen) atoms. The lowest BCUT2D eigenvalue weighted by atomic mass is 10.1. The van der Waals surface area contributed by atoms with E-state index in [1.54, 1.807) is 0 Å². The van der Waals surface area contributed by atoms with E-state index in [1.807, 2.05) is 36.9 Å². The van der Waals surface area contributed by atoms with Crippen LogP contribution in [0.5, 0.6) is 0 Å². The maximum atomic E-state index is 11.5. The van der Waals surface area contributed by atoms with Gasteiger partial charge in [0.15, 0.2) is 0 Å². The molecule has 1 aromatic heterocycles. The van der Waals surface area contributed by atoms with Gasteiger partial charge in [0.1, 0.15) is 5.82 Å². The highest BCUT2D eigenvalue weighted by atomic mass is 16.3. The molecule has 3 N–H and O–H groups in total. The number of H-pyrrole nitrogens is 2. The van der Waals surface area contributed by atoms with E-state index in [2.05, 4.69) is 9.97 Å². The molecule has 6 heteroatoms. The van der Waals surface area contributed by atoms with Crippen LogP contribution in [0.15, 0.2) is 33.9 Å². The lowest BCUT2D eigenvalue weighted by Crippen LogP contribution is -2.28. The van der Waals surface area contributed by atoms with Gasteiger partial charge in [-0.2, -0.15) is 0 Å². The topological polar surface area (TPSA) is 89.2 Å². The van der Waals surface area contributed by atoms with E-state index in [-0.39, 0.29) is 6.61 Å². The normalized spacial score (nSPS) is 10.6. The zero-order chi connectivity index (χ0) is 15.4. The Morgan fingerprint density at radius 2 is 1.86 bits per heavy atom. The summed E-state index contributed by atoms with van der Waals surface area (Å²) < 4.78 is 0. The van der Waals surface area contributed by atoms with E-state index in [0.717, 1.165) is 11.3 Å². The average molecular weight is 289 g/mol. The summed E-state index contributed by atoms with van der Waals surface area (Å²) in [6.07, 6.45) is 0.530. The van der Waals surface area contributed by atoms with Crippen molar-refractivity contribution in [1.29, 1.82) is 0 Å². The number of aliphatic hydroxyl groups is 1. The highest BCUT2D eigenvalue weighted by Crippen LogP contribution is 2.24. The summed E-state index contributed by atoms with van der Waals surface area (Å²) in [5.41, 5.74) is 2.16. The van der Waals surface area contributed by atoms with Crippen LogP contribution < -0.4 is 16.1 Å². The summed E-state index contributed by atoms with van der Waals surface area (Å²) in [4.78, 5) is 29.5. The van der Waals surface area contributed by atoms with Gasteiger partial charge in [-0.3, -0.25) is 14.8 Å². The van der Waals surface area contributed by atoms with Gasteiger partial charge in [0.05, 0.1) is 0 Å². The molecule has 0 saturated carbocycles. The third-order valence-electron chi connectivity index (χ3n) is 3.38. The minimum Gasteiger partial charge on any atom is -0.396 e. The molecule has 0 aliphatic rings. The molecule has 0 bridgehead atoms. The molecule has 0 amide bonds. The van der Waals surface area contributed by atoms with Gasteiger partial charge in [-0.25, -0.2) is 4.79 Å². The molecule has 2 rings (SSSR count). The van der Waals surface area contributed by atoms with E-state index < -0.39 is 11.2 Å². The van der Waals surface area contributed by atoms with Gasteiger partial charge in [0, 0.05) is 24.9 Å². The number of benzene rings is 1. The van der Waals surface area contributed by atoms with Crippen LogP contribution in [0.2, 0.25) is 0 Å². The zero-order valence-electron chi connectivity index (χ0n) is 12.1. The number of aliphatic hydroxyl groups excluding tert-OH is 1. The van der Waals surface area contributed by atoms with Crippen LogP contribution in [0.4, 0.5) is 11.5 Å². The molecule has 0 aliphatic carbocycles. The standard InChI is InChI=1S/C15H19N3O3/c1-10-4-5-12(8-11(10)2)18(6-3-7-19)13-9-14(20)17-15(21)16-13/h4-5,8-9,19H,3,6-7H2,1-2H3,(H2,16,17,20,21). The Hall–Kier alpha value is -2.34. The number of hydrogen-bond acceptors (Lipinski definition) is 4. The second-order valence-corrected chi connectivity index (χ2v) is 4.97. The molecule has 0 radical (unpaired) electrons. The predicted molar refractivity (Wildman–Crippen MR) is 82.3 cm³/mol. The van der Waals surface area contributed by atoms with Gasteiger partial charge in [0.2, 0.25) is 0 Å². The van der Waals surface area contributed by atoms with Crippen molar-refractivity contribution < 1.29 is 5.11 Å². The van der Waals surface area contributed by atoms with Crippen molar-refractivity contribution in [3.05, 3.63) is 56.2 Å². The third kappa shape index (κ3) is 3.61. The van der Waals surface area contributed by atoms with Gasteiger partial charge < -0.3 is 10.0 Å². The largest absolute Gasteiger partial charge is 0.396 e. The van der Waals surface area contributed by atoms with Crippen molar-refractivity contribution in [1.82, 2.24) is 9.97 Å². The number of hydrogen-bond donors (Lipinski definition) is 3. The summed E-state index contributed by atoms with van der Waals surface area (Å²) in [5.74, 6) is 0.417. The van der Waals surface area contributed by atoms with E-state index >= 15 is 0 Å². The fourth-order valence-electron chi connectivity index (χ4n) is 2.11. The van der Waals surface area contributed by atoms with E-state index in [1.165, 1.54) is 11.6 Å². The summed E-state index contributed by atoms with van der Waals surface area (Å²) in [7, 11) is 0. The molecule has 6 nitrogen and oxygen atoms in total. The van der Waals surface area contributed by atoms with Crippen molar-refractivity contribution >= 4 is 11.5 Å². The van der Waals surface area contributed by atoms with Gasteiger partial charge in [-0.15, -0.1) is 0 Å². The molecular weight excluding hydrogens is 270 g/mol. The Morgan fingerprint density at radius 1 is 1.10 bits per heavy atom. The van der Waals surface area contributed by atoms with Crippen LogP contribution in [0.25, 0.3) is 0 Å². The van der Waals surface area contributed by atoms with Gasteiger partial charge >= 0.3 is 5.69 Å². The van der Waals surface area contributed by atoms with Gasteiger partial charge in [-0.1, -0.05) is 6.07 Å². The van der Waals surface area contributed by atoms with Gasteiger partial charge in [-0.05, 0) is 43.5 Å². The van der Waals surface area contributed by atoms with Crippen LogP contribution in [0.1, 0.15) is 17.5 Å². The number of aromatic amines is 2. The smallest absolute Gasteiger partial charge is 0.327 e. The minimum absolute atomic E-state index is 0.0365. The second kappa shape index (κ2) is 6.41. The predicted octanol–water partition coefficient (Wildman–Crippen LogP) is 1.20. The fraction of sp³-hybridized carbons (Fsp3) is 0.333. The zero-order valence-corrected chi connectivity index (χ0v) is 12.1. The number of rotatable bonds is 5. The number of aromatic nitrogens is 2. The molecule has 0 fully saturated rings. The monoisotopic (exact) mass is 289 g/mol. The number of aryl methyl sites for hydroxylation is 2. The quantitative estimate of drug-likeness (QED) is 0.771. The SMILES string of the molecule is Cc1ccc(N(CCCO)c2cc(=O)[nH]c(=O)[nH]2)cc1C. The molecule has 0 spiro atoms. The van der Waals surface area contributed by atoms with Crippen LogP contribution in [0, 0.1) is 13.8 Å². The minimum atomic E-state index is -0.546. The molecule has 112 valence electrons. The van der Waals surface area contributed by atoms with Crippen LogP contribution in [0.3, 0.4) is 0 Å². The molecule has 1 heterocycles. The van der Waals surface area contributed by atoms with Crippen molar-refractivity contribution in [2.24, 2.45) is 0 Å². The Labute approximate surface area is 122 Å². The number of nitrogens with one attached hydrogen (secondary N) is 2. The summed E-state index contributed by atoms with van der Waals surface area (Å²) in [5, 5.41) is 9.05. The van der Waals surface area contributed by atoms with Crippen molar-refractivity contribution in [3.63, 3.8) is 0 Å². The molecule has 0 atom stereocenters. The van der Waals surface area contributed by atoms with Crippen molar-refractivity contribution in [3.8, 4) is 0 Å². The molecule has 2 aromatic rings. The fourth-order valence-corrected chi connectivity index (χ4v) is 2.11. The summed E-state index contributed by atoms with van der Waals surface area (Å²) in [6, 6.07) is 7.25. The molecule has 0 saturated heterocycles. The maximum absolute atomic E-state index is 11.5. The maximum Gasteiger partial charge on any atom is 0.327 e. The lowest BCUT2D eigenvalue weighted by Gasteiger charge is -2.24. The average Bonchev–Trinajstić information content (AvgIpc) is 2.42. The summed E-state index contributed by atoms with van der Waals surface area (Å²) in [6.45, 7) is 4.56. The first-order valence-corrected chi connectivity index (χ1v) is 6.80. The first-order chi connectivity index (χ1) is 10.0. The van der Waals surface area contributed by atoms with Crippen molar-refractivity contribution in [2.75, 3.05) is 18.1 Å². The Kier molecular flexibility index (Phi) is 4.59. The van der Waals surface area contributed by atoms with E-state index in [0.29, 0.717) is 18.8 Å². The molecular formula is C15H19N3O3. The number of anilines is 2. The highest BCUT2D eigenvalue weighted by Gasteiger charge is 2.11. The molecule has 0 unspecified atom stereocenters. The van der Waals surface area contributed by atoms with Gasteiger partial charge in [0.25, 0.3) is 5.56 Å². The molecule has 1 aromatic carbocycles. The third-order valence-corrected chi connectivity index (χ3v) is 3.38. The second-order valence-electron chi connectivity index (χ2n) is 4.97. The van der Waals surface area contributed by atoms with E-state index in [4.69, 9.17) is 5.11 Å². The van der Waals surface area contributed by atoms with E-state index in [9.17, 15) is 9.59 Å². The van der Waals surface area contributed by atoms with Crippen molar-refractivity contribution in [2.45, 2.75) is 20.3 Å². The van der Waals surface area contributed by atoms with Crippen LogP contribution in [-0.2, 0) is 0 Å². The number of nitrogens with zero attached hydrogens (tertiary/aromatic N) is 1. The van der Waals surface area contributed by atoms with Crippen LogP contribution in [-0.4, -0.2) is 28.2 Å².